The van der Waals surface area contributed by atoms with E-state index in [-0.39, 0.29) is 0 Å². The zero-order chi connectivity index (χ0) is 10.4. The molecule has 0 spiro atoms. The monoisotopic (exact) mass is 194 g/mol. The molecule has 0 aliphatic carbocycles. The van der Waals surface area contributed by atoms with Crippen molar-refractivity contribution in [2.24, 2.45) is 5.73 Å². The average molecular weight is 194 g/mol. The number of carbonyl (C=O) groups is 1. The summed E-state index contributed by atoms with van der Waals surface area (Å²) in [5, 5.41) is 2.52. The van der Waals surface area contributed by atoms with Crippen molar-refractivity contribution in [2.75, 3.05) is 19.0 Å². The zero-order valence-electron chi connectivity index (χ0n) is 8.12. The maximum atomic E-state index is 10.6. The van der Waals surface area contributed by atoms with Crippen LogP contribution in [0.5, 0.6) is 0 Å². The molecule has 1 aromatic carbocycles. The molecular weight excluding hydrogens is 180 g/mol. The van der Waals surface area contributed by atoms with E-state index in [2.05, 4.69) is 5.32 Å². The number of hydrogen-bond acceptors (Lipinski definition) is 2. The van der Waals surface area contributed by atoms with Crippen molar-refractivity contribution < 1.29 is 9.53 Å². The largest absolute Gasteiger partial charge is 0.384 e. The molecule has 0 aliphatic rings. The molecule has 3 N–H and O–H groups in total. The van der Waals surface area contributed by atoms with Gasteiger partial charge in [-0.05, 0) is 24.1 Å². The van der Waals surface area contributed by atoms with Crippen LogP contribution in [0.25, 0.3) is 0 Å². The topological polar surface area (TPSA) is 64.3 Å². The van der Waals surface area contributed by atoms with Crippen LogP contribution in [0, 0.1) is 0 Å². The van der Waals surface area contributed by atoms with Gasteiger partial charge in [0.05, 0.1) is 6.61 Å². The first-order valence-corrected chi connectivity index (χ1v) is 4.36. The molecule has 1 aromatic rings. The summed E-state index contributed by atoms with van der Waals surface area (Å²) >= 11 is 0. The molecule has 4 nitrogen and oxygen atoms in total. The van der Waals surface area contributed by atoms with Crippen LogP contribution in [0.15, 0.2) is 24.3 Å². The minimum atomic E-state index is -0.547. The van der Waals surface area contributed by atoms with E-state index in [1.807, 2.05) is 18.2 Å². The molecule has 4 heteroatoms. The first kappa shape index (κ1) is 10.5. The fraction of sp³-hybridized carbons (Fsp3) is 0.300. The van der Waals surface area contributed by atoms with Gasteiger partial charge >= 0.3 is 6.03 Å². The van der Waals surface area contributed by atoms with E-state index in [1.165, 1.54) is 0 Å². The molecule has 0 atom stereocenters. The highest BCUT2D eigenvalue weighted by atomic mass is 16.5. The second-order valence-electron chi connectivity index (χ2n) is 2.93. The molecule has 14 heavy (non-hydrogen) atoms. The number of ether oxygens (including phenoxy) is 1. The molecule has 1 rings (SSSR count). The van der Waals surface area contributed by atoms with Crippen molar-refractivity contribution >= 4 is 11.7 Å². The average Bonchev–Trinajstić information content (AvgIpc) is 2.14. The number of hydrogen-bond donors (Lipinski definition) is 2. The third kappa shape index (κ3) is 3.45. The molecule has 0 bridgehead atoms. The van der Waals surface area contributed by atoms with E-state index in [0.29, 0.717) is 12.3 Å². The molecule has 0 saturated heterocycles. The van der Waals surface area contributed by atoms with E-state index >= 15 is 0 Å². The quantitative estimate of drug-likeness (QED) is 0.760. The number of amides is 2. The summed E-state index contributed by atoms with van der Waals surface area (Å²) in [5.74, 6) is 0. The van der Waals surface area contributed by atoms with Gasteiger partial charge in [-0.1, -0.05) is 12.1 Å². The Morgan fingerprint density at radius 1 is 1.57 bits per heavy atom. The molecule has 2 amide bonds. The summed E-state index contributed by atoms with van der Waals surface area (Å²) in [6.45, 7) is 0.667. The number of benzene rings is 1. The van der Waals surface area contributed by atoms with Crippen molar-refractivity contribution in [3.63, 3.8) is 0 Å². The molecule has 0 saturated carbocycles. The lowest BCUT2D eigenvalue weighted by Gasteiger charge is -2.04. The Kier molecular flexibility index (Phi) is 3.94. The smallest absolute Gasteiger partial charge is 0.316 e. The Labute approximate surface area is 83.1 Å². The zero-order valence-corrected chi connectivity index (χ0v) is 8.12. The van der Waals surface area contributed by atoms with Gasteiger partial charge in [-0.3, -0.25) is 0 Å². The Balaban J connectivity index is 2.63. The van der Waals surface area contributed by atoms with Gasteiger partial charge in [0.2, 0.25) is 0 Å². The predicted octanol–water partition coefficient (Wildman–Crippen LogP) is 1.37. The lowest BCUT2D eigenvalue weighted by Crippen LogP contribution is -2.19. The molecule has 0 fully saturated rings. The fourth-order valence-electron chi connectivity index (χ4n) is 1.17. The van der Waals surface area contributed by atoms with Gasteiger partial charge in [0, 0.05) is 12.8 Å². The number of nitrogens with two attached hydrogens (primary N) is 1. The van der Waals surface area contributed by atoms with Gasteiger partial charge in [0.1, 0.15) is 0 Å². The second kappa shape index (κ2) is 5.24. The van der Waals surface area contributed by atoms with Crippen LogP contribution in [0.4, 0.5) is 10.5 Å². The lowest BCUT2D eigenvalue weighted by atomic mass is 10.1. The van der Waals surface area contributed by atoms with Gasteiger partial charge in [-0.25, -0.2) is 4.79 Å². The highest BCUT2D eigenvalue weighted by Crippen LogP contribution is 2.10. The fourth-order valence-corrected chi connectivity index (χ4v) is 1.17. The van der Waals surface area contributed by atoms with E-state index in [4.69, 9.17) is 10.5 Å². The Morgan fingerprint density at radius 3 is 3.00 bits per heavy atom. The van der Waals surface area contributed by atoms with Gasteiger partial charge in [0.25, 0.3) is 0 Å². The highest BCUT2D eigenvalue weighted by Gasteiger charge is 1.97. The third-order valence-electron chi connectivity index (χ3n) is 1.79. The Morgan fingerprint density at radius 2 is 2.36 bits per heavy atom. The summed E-state index contributed by atoms with van der Waals surface area (Å²) in [6, 6.07) is 6.97. The van der Waals surface area contributed by atoms with Crippen LogP contribution < -0.4 is 11.1 Å². The highest BCUT2D eigenvalue weighted by molar-refractivity contribution is 5.87. The summed E-state index contributed by atoms with van der Waals surface area (Å²) < 4.78 is 4.95. The minimum absolute atomic E-state index is 0.547. The normalized spacial score (nSPS) is 9.79. The number of urea groups is 1. The van der Waals surface area contributed by atoms with Crippen LogP contribution >= 0.6 is 0 Å². The SMILES string of the molecule is COCCc1cccc(NC(N)=O)c1. The van der Waals surface area contributed by atoms with Crippen molar-refractivity contribution in [1.82, 2.24) is 0 Å². The summed E-state index contributed by atoms with van der Waals surface area (Å²) in [7, 11) is 1.66. The van der Waals surface area contributed by atoms with Crippen LogP contribution in [-0.2, 0) is 11.2 Å². The molecule has 0 aromatic heterocycles. The molecular formula is C10H14N2O2. The van der Waals surface area contributed by atoms with Gasteiger partial charge in [-0.15, -0.1) is 0 Å². The van der Waals surface area contributed by atoms with Crippen LogP contribution in [0.2, 0.25) is 0 Å². The second-order valence-corrected chi connectivity index (χ2v) is 2.93. The Bertz CT molecular complexity index is 313. The van der Waals surface area contributed by atoms with Crippen LogP contribution in [0.3, 0.4) is 0 Å². The van der Waals surface area contributed by atoms with E-state index in [1.54, 1.807) is 13.2 Å². The number of anilines is 1. The summed E-state index contributed by atoms with van der Waals surface area (Å²) in [5.41, 5.74) is 6.82. The maximum absolute atomic E-state index is 10.6. The molecule has 0 unspecified atom stereocenters. The summed E-state index contributed by atoms with van der Waals surface area (Å²) in [6.07, 6.45) is 0.824. The van der Waals surface area contributed by atoms with Crippen molar-refractivity contribution in [3.05, 3.63) is 29.8 Å². The summed E-state index contributed by atoms with van der Waals surface area (Å²) in [4.78, 5) is 10.6. The minimum Gasteiger partial charge on any atom is -0.384 e. The molecule has 0 aliphatic heterocycles. The predicted molar refractivity (Wildman–Crippen MR) is 55.2 cm³/mol. The molecule has 0 heterocycles. The number of rotatable bonds is 4. The van der Waals surface area contributed by atoms with Gasteiger partial charge in [-0.2, -0.15) is 0 Å². The van der Waals surface area contributed by atoms with Gasteiger partial charge in [0.15, 0.2) is 0 Å². The van der Waals surface area contributed by atoms with Crippen molar-refractivity contribution in [2.45, 2.75) is 6.42 Å². The van der Waals surface area contributed by atoms with Crippen LogP contribution in [0.1, 0.15) is 5.56 Å². The van der Waals surface area contributed by atoms with Crippen molar-refractivity contribution in [1.29, 1.82) is 0 Å². The first-order chi connectivity index (χ1) is 6.72. The maximum Gasteiger partial charge on any atom is 0.316 e. The lowest BCUT2D eigenvalue weighted by molar-refractivity contribution is 0.202. The molecule has 0 radical (unpaired) electrons. The number of primary amides is 1. The third-order valence-corrected chi connectivity index (χ3v) is 1.79. The van der Waals surface area contributed by atoms with Gasteiger partial charge < -0.3 is 15.8 Å². The van der Waals surface area contributed by atoms with E-state index in [9.17, 15) is 4.79 Å². The van der Waals surface area contributed by atoms with E-state index < -0.39 is 6.03 Å². The number of nitrogens with one attached hydrogen (secondary N) is 1. The Hall–Kier alpha value is -1.55. The van der Waals surface area contributed by atoms with Crippen LogP contribution in [-0.4, -0.2) is 19.7 Å². The van der Waals surface area contributed by atoms with Crippen molar-refractivity contribution in [3.8, 4) is 0 Å². The number of carbonyl (C=O) groups excluding carboxylic acids is 1. The van der Waals surface area contributed by atoms with E-state index in [0.717, 1.165) is 12.0 Å². The standard InChI is InChI=1S/C10H14N2O2/c1-14-6-5-8-3-2-4-9(7-8)12-10(11)13/h2-4,7H,5-6H2,1H3,(H3,11,12,13). The first-order valence-electron chi connectivity index (χ1n) is 4.36. The molecule has 76 valence electrons. The number of methoxy groups -OCH3 is 1.